The largest absolute Gasteiger partial charge is 0.756 e. The number of likely N-dealkylation sites (N-methyl/N-ethyl adjacent to an activating group) is 1. The van der Waals surface area contributed by atoms with Gasteiger partial charge in [-0.3, -0.25) is 9.36 Å². The molecule has 0 aliphatic carbocycles. The number of phosphoric acid groups is 1. The summed E-state index contributed by atoms with van der Waals surface area (Å²) in [5.41, 5.74) is 0. The maximum atomic E-state index is 12.2. The number of nitrogens with zero attached hydrogens (tertiary/aromatic N) is 1. The molecule has 3 unspecified atom stereocenters. The van der Waals surface area contributed by atoms with Gasteiger partial charge in [0.2, 0.25) is 5.91 Å². The van der Waals surface area contributed by atoms with Gasteiger partial charge in [-0.25, -0.2) is 0 Å². The van der Waals surface area contributed by atoms with Crippen LogP contribution in [0.15, 0.2) is 12.2 Å². The predicted octanol–water partition coefficient (Wildman–Crippen LogP) is 11.3. The fourth-order valence-electron chi connectivity index (χ4n) is 6.47. The molecule has 0 aromatic heterocycles. The number of allylic oxidation sites excluding steroid dienone is 1. The van der Waals surface area contributed by atoms with Crippen molar-refractivity contribution < 1.29 is 32.9 Å². The van der Waals surface area contributed by atoms with Crippen molar-refractivity contribution in [1.82, 2.24) is 5.32 Å². The van der Waals surface area contributed by atoms with E-state index in [1.54, 1.807) is 13.0 Å². The topological polar surface area (TPSA) is 108 Å². The average molecular weight is 759 g/mol. The third-order valence-electron chi connectivity index (χ3n) is 10.1. The molecule has 1 amide bonds. The molecule has 0 rings (SSSR count). The zero-order valence-corrected chi connectivity index (χ0v) is 35.9. The number of aliphatic hydroxyl groups is 1. The quantitative estimate of drug-likeness (QED) is 0.0279. The molecule has 8 nitrogen and oxygen atoms in total. The van der Waals surface area contributed by atoms with Crippen molar-refractivity contribution in [2.75, 3.05) is 40.9 Å². The molecule has 0 aromatic rings. The number of unbranched alkanes of at least 4 members (excludes halogenated alkanes) is 28. The Labute approximate surface area is 322 Å². The third-order valence-corrected chi connectivity index (χ3v) is 11.0. The fourth-order valence-corrected chi connectivity index (χ4v) is 7.19. The number of amides is 1. The number of hydrogen-bond acceptors (Lipinski definition) is 6. The smallest absolute Gasteiger partial charge is 0.268 e. The number of phosphoric ester groups is 1. The molecule has 0 radical (unpaired) electrons. The number of nitrogens with one attached hydrogen (secondary N) is 1. The van der Waals surface area contributed by atoms with E-state index in [9.17, 15) is 19.4 Å². The molecule has 52 heavy (non-hydrogen) atoms. The normalized spacial score (nSPS) is 14.5. The van der Waals surface area contributed by atoms with Crippen LogP contribution in [0.5, 0.6) is 0 Å². The molecule has 0 saturated carbocycles. The van der Waals surface area contributed by atoms with E-state index >= 15 is 0 Å². The Bertz CT molecular complexity index is 865. The molecule has 310 valence electrons. The minimum Gasteiger partial charge on any atom is -0.756 e. The summed E-state index contributed by atoms with van der Waals surface area (Å²) in [7, 11) is 1.26. The molecule has 0 bridgehead atoms. The van der Waals surface area contributed by atoms with Crippen LogP contribution >= 0.6 is 7.82 Å². The van der Waals surface area contributed by atoms with Gasteiger partial charge in [-0.05, 0) is 12.8 Å². The first-order chi connectivity index (χ1) is 25.0. The molecule has 3 atom stereocenters. The summed E-state index contributed by atoms with van der Waals surface area (Å²) in [6.07, 6.45) is 42.4. The molecular weight excluding hydrogens is 671 g/mol. The molecule has 0 aliphatic heterocycles. The second kappa shape index (κ2) is 35.9. The average Bonchev–Trinajstić information content (AvgIpc) is 3.10. The Balaban J connectivity index is 3.66. The van der Waals surface area contributed by atoms with E-state index in [0.717, 1.165) is 19.3 Å². The van der Waals surface area contributed by atoms with E-state index in [2.05, 4.69) is 12.2 Å². The first-order valence-corrected chi connectivity index (χ1v) is 23.5. The minimum atomic E-state index is -4.55. The number of carbonyl (C=O) groups excluding carboxylic acids is 1. The summed E-state index contributed by atoms with van der Waals surface area (Å²) in [5, 5.41) is 13.3. The van der Waals surface area contributed by atoms with Gasteiger partial charge in [0.1, 0.15) is 13.2 Å². The van der Waals surface area contributed by atoms with Gasteiger partial charge in [-0.2, -0.15) is 0 Å². The predicted molar refractivity (Wildman–Crippen MR) is 219 cm³/mol. The summed E-state index contributed by atoms with van der Waals surface area (Å²) in [6, 6.07) is -0.878. The van der Waals surface area contributed by atoms with Crippen molar-refractivity contribution in [3.8, 4) is 0 Å². The number of carbonyl (C=O) groups is 1. The standard InChI is InChI=1S/C43H87N2O6P/c1-6-8-9-10-11-12-13-14-15-16-17-18-19-20-21-22-23-24-25-26-27-28-29-30-31-32-33-34-35-36-37-42(46)41(44-43(47)7-2)40-51-52(48,49)50-39-38-45(3,4)5/h36-37,41-42,46H,6-35,38-40H2,1-5H3,(H-,44,47,48,49)/b37-36+. The van der Waals surface area contributed by atoms with Crippen LogP contribution in [0.3, 0.4) is 0 Å². The van der Waals surface area contributed by atoms with Crippen LogP contribution < -0.4 is 10.2 Å². The Hall–Kier alpha value is -0.760. The van der Waals surface area contributed by atoms with E-state index in [-0.39, 0.29) is 25.5 Å². The highest BCUT2D eigenvalue weighted by molar-refractivity contribution is 7.45. The first-order valence-electron chi connectivity index (χ1n) is 22.1. The van der Waals surface area contributed by atoms with Crippen LogP contribution in [0.4, 0.5) is 0 Å². The molecular formula is C43H87N2O6P. The number of quaternary nitrogens is 1. The van der Waals surface area contributed by atoms with Crippen molar-refractivity contribution in [3.63, 3.8) is 0 Å². The third kappa shape index (κ3) is 37.6. The highest BCUT2D eigenvalue weighted by Gasteiger charge is 2.22. The maximum Gasteiger partial charge on any atom is 0.268 e. The molecule has 0 saturated heterocycles. The lowest BCUT2D eigenvalue weighted by Crippen LogP contribution is -2.45. The zero-order valence-electron chi connectivity index (χ0n) is 35.0. The Morgan fingerprint density at radius 2 is 1.02 bits per heavy atom. The summed E-state index contributed by atoms with van der Waals surface area (Å²) in [6.45, 7) is 4.10. The van der Waals surface area contributed by atoms with Gasteiger partial charge in [0.25, 0.3) is 7.82 Å². The van der Waals surface area contributed by atoms with Crippen LogP contribution in [0.25, 0.3) is 0 Å². The minimum absolute atomic E-state index is 0.00160. The van der Waals surface area contributed by atoms with Crippen LogP contribution in [0.2, 0.25) is 0 Å². The van der Waals surface area contributed by atoms with E-state index in [1.807, 2.05) is 27.2 Å². The van der Waals surface area contributed by atoms with Gasteiger partial charge in [0, 0.05) is 6.42 Å². The molecule has 0 aromatic carbocycles. The van der Waals surface area contributed by atoms with Gasteiger partial charge < -0.3 is 28.8 Å². The van der Waals surface area contributed by atoms with Crippen molar-refractivity contribution in [1.29, 1.82) is 0 Å². The van der Waals surface area contributed by atoms with Gasteiger partial charge in [0.15, 0.2) is 0 Å². The Kier molecular flexibility index (Phi) is 35.4. The monoisotopic (exact) mass is 759 g/mol. The summed E-state index contributed by atoms with van der Waals surface area (Å²) in [5.74, 6) is -0.284. The molecule has 0 fully saturated rings. The first kappa shape index (κ1) is 51.2. The maximum absolute atomic E-state index is 12.2. The second-order valence-electron chi connectivity index (χ2n) is 16.4. The van der Waals surface area contributed by atoms with Gasteiger partial charge in [0.05, 0.1) is 39.9 Å². The molecule has 0 aliphatic rings. The van der Waals surface area contributed by atoms with Crippen LogP contribution in [-0.2, 0) is 18.4 Å². The lowest BCUT2D eigenvalue weighted by Gasteiger charge is -2.29. The van der Waals surface area contributed by atoms with E-state index in [1.165, 1.54) is 167 Å². The van der Waals surface area contributed by atoms with Gasteiger partial charge in [-0.1, -0.05) is 199 Å². The lowest BCUT2D eigenvalue weighted by atomic mass is 10.0. The second-order valence-corrected chi connectivity index (χ2v) is 17.8. The van der Waals surface area contributed by atoms with Gasteiger partial charge >= 0.3 is 0 Å². The SMILES string of the molecule is CCCCCCCCCCCCCCCCCCCCCCCCCCCCCC/C=C/C(O)C(COP(=O)([O-])OCC[N+](C)(C)C)NC(=O)CC. The zero-order chi connectivity index (χ0) is 38.6. The van der Waals surface area contributed by atoms with Crippen LogP contribution in [-0.4, -0.2) is 68.5 Å². The molecule has 0 heterocycles. The van der Waals surface area contributed by atoms with Crippen molar-refractivity contribution >= 4 is 13.7 Å². The van der Waals surface area contributed by atoms with Crippen molar-refractivity contribution in [2.45, 2.75) is 219 Å². The fraction of sp³-hybridized carbons (Fsp3) is 0.930. The lowest BCUT2D eigenvalue weighted by molar-refractivity contribution is -0.870. The number of rotatable bonds is 40. The molecule has 0 spiro atoms. The molecule has 2 N–H and O–H groups in total. The highest BCUT2D eigenvalue weighted by atomic mass is 31.2. The van der Waals surface area contributed by atoms with E-state index < -0.39 is 20.0 Å². The summed E-state index contributed by atoms with van der Waals surface area (Å²) in [4.78, 5) is 24.1. The summed E-state index contributed by atoms with van der Waals surface area (Å²) >= 11 is 0. The van der Waals surface area contributed by atoms with Crippen LogP contribution in [0.1, 0.15) is 206 Å². The number of hydrogen-bond donors (Lipinski definition) is 2. The number of aliphatic hydroxyl groups excluding tert-OH is 1. The van der Waals surface area contributed by atoms with Crippen molar-refractivity contribution in [2.24, 2.45) is 0 Å². The van der Waals surface area contributed by atoms with Crippen molar-refractivity contribution in [3.05, 3.63) is 12.2 Å². The Morgan fingerprint density at radius 1 is 0.654 bits per heavy atom. The van der Waals surface area contributed by atoms with E-state index in [0.29, 0.717) is 11.0 Å². The highest BCUT2D eigenvalue weighted by Crippen LogP contribution is 2.38. The van der Waals surface area contributed by atoms with Crippen LogP contribution in [0, 0.1) is 0 Å². The Morgan fingerprint density at radius 3 is 1.37 bits per heavy atom. The van der Waals surface area contributed by atoms with Gasteiger partial charge in [-0.15, -0.1) is 0 Å². The molecule has 9 heteroatoms. The van der Waals surface area contributed by atoms with E-state index in [4.69, 9.17) is 9.05 Å². The summed E-state index contributed by atoms with van der Waals surface area (Å²) < 4.78 is 22.7.